The van der Waals surface area contributed by atoms with E-state index in [2.05, 4.69) is 214 Å². The predicted molar refractivity (Wildman–Crippen MR) is 531 cm³/mol. The Morgan fingerprint density at radius 1 is 0.316 bits per heavy atom. The van der Waals surface area contributed by atoms with Crippen molar-refractivity contribution >= 4 is 59.3 Å². The first-order chi connectivity index (χ1) is 61.7. The van der Waals surface area contributed by atoms with Crippen LogP contribution >= 0.6 is 0 Å². The summed E-state index contributed by atoms with van der Waals surface area (Å²) in [5.74, 6) is -5.95. The summed E-state index contributed by atoms with van der Waals surface area (Å²) in [5.41, 5.74) is -3.20. The van der Waals surface area contributed by atoms with Gasteiger partial charge in [0.25, 0.3) is 0 Å². The second-order valence-electron chi connectivity index (χ2n) is 47.9. The van der Waals surface area contributed by atoms with Crippen molar-refractivity contribution in [2.75, 3.05) is 61.0 Å². The number of piperidine rings is 4. The van der Waals surface area contributed by atoms with E-state index < -0.39 is 53.4 Å². The van der Waals surface area contributed by atoms with Gasteiger partial charge in [-0.05, 0) is 236 Å². The zero-order chi connectivity index (χ0) is 99.9. The second kappa shape index (κ2) is 44.9. The summed E-state index contributed by atoms with van der Waals surface area (Å²) in [6.07, 6.45) is 6.35. The van der Waals surface area contributed by atoms with E-state index in [1.807, 2.05) is 9.80 Å². The molecule has 6 fully saturated rings. The van der Waals surface area contributed by atoms with Crippen LogP contribution < -0.4 is 9.47 Å². The average molecular weight is 1900 g/mol. The van der Waals surface area contributed by atoms with Crippen LogP contribution in [0.15, 0.2) is 97.1 Å². The molecule has 2 N–H and O–H groups in total. The molecule has 0 spiro atoms. The molecule has 6 aliphatic rings. The summed E-state index contributed by atoms with van der Waals surface area (Å²) in [7, 11) is 8.37. The van der Waals surface area contributed by atoms with Gasteiger partial charge in [-0.1, -0.05) is 131 Å². The lowest BCUT2D eigenvalue weighted by atomic mass is 9.64. The number of phenolic OH excluding ortho intramolecular Hbond substituents is 2. The third-order valence-electron chi connectivity index (χ3n) is 30.0. The van der Waals surface area contributed by atoms with Gasteiger partial charge < -0.3 is 48.1 Å². The van der Waals surface area contributed by atoms with Crippen LogP contribution in [0, 0.1) is 27.1 Å². The van der Waals surface area contributed by atoms with E-state index in [1.54, 1.807) is 60.7 Å². The van der Waals surface area contributed by atoms with E-state index in [4.69, 9.17) is 37.9 Å². The Labute approximate surface area is 814 Å². The summed E-state index contributed by atoms with van der Waals surface area (Å²) < 4.78 is 48.8. The average Bonchev–Trinajstić information content (AvgIpc) is 0.723. The summed E-state index contributed by atoms with van der Waals surface area (Å²) >= 11 is 0. The van der Waals surface area contributed by atoms with Gasteiger partial charge in [-0.3, -0.25) is 77.3 Å². The summed E-state index contributed by atoms with van der Waals surface area (Å²) in [5, 5.41) is 21.5. The first-order valence-corrected chi connectivity index (χ1v) is 48.6. The molecule has 0 amide bonds. The lowest BCUT2D eigenvalue weighted by Gasteiger charge is -2.53. The minimum Gasteiger partial charge on any atom is -0.507 e. The number of ketones is 2. The molecule has 26 nitrogen and oxygen atoms in total. The number of nitrogens with zero attached hydrogens (tertiary/aromatic N) is 6. The van der Waals surface area contributed by atoms with Gasteiger partial charge in [0.05, 0.1) is 43.5 Å². The molecule has 0 unspecified atom stereocenters. The third kappa shape index (κ3) is 31.2. The Kier molecular flexibility index (Phi) is 37.7. The normalized spacial score (nSPS) is 21.4. The van der Waals surface area contributed by atoms with Crippen molar-refractivity contribution in [2.45, 2.75) is 403 Å². The largest absolute Gasteiger partial charge is 0.507 e. The lowest BCUT2D eigenvalue weighted by Crippen LogP contribution is -2.61. The molecule has 0 aromatic heterocycles. The number of ether oxygens (including phenoxy) is 8. The van der Waals surface area contributed by atoms with Gasteiger partial charge in [-0.15, -0.1) is 0 Å². The topological polar surface area (TPSA) is 304 Å². The van der Waals surface area contributed by atoms with Crippen molar-refractivity contribution in [3.8, 4) is 23.0 Å². The molecule has 4 saturated heterocycles. The van der Waals surface area contributed by atoms with Gasteiger partial charge >= 0.3 is 47.8 Å². The molecular weight excluding hydrogens is 1730 g/mol. The van der Waals surface area contributed by atoms with E-state index in [-0.39, 0.29) is 247 Å². The highest BCUT2D eigenvalue weighted by Gasteiger charge is 2.56. The van der Waals surface area contributed by atoms with Crippen LogP contribution in [0.4, 0.5) is 0 Å². The Morgan fingerprint density at radius 3 is 0.794 bits per heavy atom. The van der Waals surface area contributed by atoms with Crippen LogP contribution in [0.3, 0.4) is 0 Å². The number of aromatic hydroxyl groups is 2. The fourth-order valence-electron chi connectivity index (χ4n) is 23.0. The summed E-state index contributed by atoms with van der Waals surface area (Å²) in [4.78, 5) is 151. The fourth-order valence-corrected chi connectivity index (χ4v) is 23.0. The molecular formula is C110H170N6O20. The molecule has 0 radical (unpaired) electrons. The number of hydrogen-bond donors (Lipinski definition) is 2. The monoisotopic (exact) mass is 1900 g/mol. The number of phenols is 2. The third-order valence-corrected chi connectivity index (χ3v) is 30.0. The van der Waals surface area contributed by atoms with Crippen molar-refractivity contribution in [1.82, 2.24) is 29.4 Å². The molecule has 0 bridgehead atoms. The highest BCUT2D eigenvalue weighted by atomic mass is 16.6. The predicted octanol–water partition coefficient (Wildman–Crippen LogP) is 20.1. The Balaban J connectivity index is 0.000000371. The molecule has 136 heavy (non-hydrogen) atoms. The molecule has 2 saturated carbocycles. The van der Waals surface area contributed by atoms with E-state index in [1.165, 1.54) is 36.4 Å². The number of likely N-dealkylation sites (tertiary alicyclic amines) is 4. The number of hydrogen-bond acceptors (Lipinski definition) is 26. The number of carbonyl (C=O) groups excluding carboxylic acids is 10. The maximum absolute atomic E-state index is 15.2. The standard InChI is InChI=1S/C59H74N2O12.C49H88N4O8.2CH4/c1-56(2)33-44(34-57(3,4)37-56)72-52(66)25-29-60(27-23-50(64)70-42-19-21-46(48(62)31-42)54(68)40-15-11-9-12-16-40)39-61(30-26-53(67)73-45-35-58(5,6)38-59(7,8)36-45)28-24-51(65)71-43-20-22-47(49(63)32-43)55(69)41-17-13-10-14-18-41;1-41(2)25-33(26-42(3,4)50(41)17)58-37(54)21-23-49(39(56)60-35-29-45(9,10)52(19)46(11,12)30-35,40(57)61-36-31-47(13,14)53(20)48(15,16)32-36)24-22-38(55)59-34-27-43(5,6)51(18)44(7,8)28-34;;/h9-22,31-32,44-45,62-63H,23-30,33-39H2,1-8H3;33-36H,21-32H2,1-20H3;2*1H4. The van der Waals surface area contributed by atoms with Crippen LogP contribution in [0.1, 0.15) is 354 Å². The Bertz CT molecular complexity index is 4390. The van der Waals surface area contributed by atoms with Crippen LogP contribution in [0.2, 0.25) is 0 Å². The quantitative estimate of drug-likeness (QED) is 0.0110. The van der Waals surface area contributed by atoms with Gasteiger partial charge in [-0.2, -0.15) is 0 Å². The number of carbonyl (C=O) groups is 10. The maximum atomic E-state index is 15.2. The molecule has 4 heterocycles. The van der Waals surface area contributed by atoms with Crippen molar-refractivity contribution in [3.05, 3.63) is 119 Å². The van der Waals surface area contributed by atoms with Crippen LogP contribution in [-0.2, 0) is 66.8 Å². The van der Waals surface area contributed by atoms with E-state index in [9.17, 15) is 48.6 Å². The van der Waals surface area contributed by atoms with Gasteiger partial charge in [0.1, 0.15) is 59.6 Å². The van der Waals surface area contributed by atoms with Crippen LogP contribution in [0.25, 0.3) is 0 Å². The van der Waals surface area contributed by atoms with E-state index >= 15 is 9.59 Å². The molecule has 4 aromatic carbocycles. The highest BCUT2D eigenvalue weighted by Crippen LogP contribution is 2.51. The van der Waals surface area contributed by atoms with Crippen LogP contribution in [0.5, 0.6) is 23.0 Å². The lowest BCUT2D eigenvalue weighted by molar-refractivity contribution is -0.190. The van der Waals surface area contributed by atoms with Gasteiger partial charge in [0.2, 0.25) is 0 Å². The zero-order valence-corrected chi connectivity index (χ0v) is 86.2. The summed E-state index contributed by atoms with van der Waals surface area (Å²) in [6.45, 7) is 52.3. The van der Waals surface area contributed by atoms with Crippen molar-refractivity contribution in [2.24, 2.45) is 27.1 Å². The van der Waals surface area contributed by atoms with Gasteiger partial charge in [0.15, 0.2) is 17.0 Å². The zero-order valence-electron chi connectivity index (χ0n) is 86.2. The van der Waals surface area contributed by atoms with Crippen molar-refractivity contribution in [1.29, 1.82) is 0 Å². The molecule has 760 valence electrons. The minimum absolute atomic E-state index is 0. The smallest absolute Gasteiger partial charge is 0.323 e. The first kappa shape index (κ1) is 114. The van der Waals surface area contributed by atoms with E-state index in [0.29, 0.717) is 62.5 Å². The molecule has 2 aliphatic carbocycles. The fraction of sp³-hybridized carbons (Fsp3) is 0.691. The van der Waals surface area contributed by atoms with Crippen molar-refractivity contribution in [3.63, 3.8) is 0 Å². The SMILES string of the molecule is C.C.CC1(C)CC(OC(=O)CCN(CCC(=O)Oc2ccc(C(=O)c3ccccc3)c(O)c2)CN(CCC(=O)Oc2ccc(C(=O)c3ccccc3)c(O)c2)CCC(=O)OC2CC(C)(C)CC(C)(C)C2)CC(C)(C)C1.CN1C(C)(C)CC(OC(=O)CCC(CCC(=O)OC2CC(C)(C)N(C)C(C)(C)C2)(C(=O)OC2CC(C)(C)N(C)C(C)(C)C2)C(=O)OC2CC(C)(C)N(C)C(C)(C)C2)CC1(C)C. The number of esters is 8. The Hall–Kier alpha value is -8.66. The van der Waals surface area contributed by atoms with Gasteiger partial charge in [0, 0.05) is 158 Å². The second-order valence-corrected chi connectivity index (χ2v) is 47.9. The maximum Gasteiger partial charge on any atom is 0.323 e. The first-order valence-electron chi connectivity index (χ1n) is 48.6. The van der Waals surface area contributed by atoms with Crippen molar-refractivity contribution < 1.29 is 96.1 Å². The number of benzene rings is 4. The Morgan fingerprint density at radius 2 is 0.544 bits per heavy atom. The molecule has 10 rings (SSSR count). The van der Waals surface area contributed by atoms with Gasteiger partial charge in [-0.25, -0.2) is 0 Å². The van der Waals surface area contributed by atoms with Crippen LogP contribution in [-0.4, -0.2) is 241 Å². The highest BCUT2D eigenvalue weighted by molar-refractivity contribution is 6.11. The van der Waals surface area contributed by atoms with E-state index in [0.717, 1.165) is 38.5 Å². The number of rotatable bonds is 34. The molecule has 0 atom stereocenters. The minimum atomic E-state index is -1.97. The molecule has 4 aliphatic heterocycles. The summed E-state index contributed by atoms with van der Waals surface area (Å²) in [6, 6.07) is 25.1. The molecule has 26 heteroatoms. The molecule has 4 aromatic rings.